The number of nitrogens with zero attached hydrogens (tertiary/aromatic N) is 1. The van der Waals surface area contributed by atoms with Crippen molar-refractivity contribution in [2.75, 3.05) is 0 Å². The van der Waals surface area contributed by atoms with Gasteiger partial charge in [-0.1, -0.05) is 57.9 Å². The normalized spacial score (nSPS) is 12.5. The van der Waals surface area contributed by atoms with Gasteiger partial charge in [0.05, 0.1) is 5.52 Å². The Hall–Kier alpha value is -1.42. The van der Waals surface area contributed by atoms with Crippen molar-refractivity contribution >= 4 is 38.4 Å². The Morgan fingerprint density at radius 1 is 1.10 bits per heavy atom. The second-order valence-electron chi connectivity index (χ2n) is 4.97. The van der Waals surface area contributed by atoms with E-state index in [0.29, 0.717) is 11.4 Å². The summed E-state index contributed by atoms with van der Waals surface area (Å²) in [6.07, 6.45) is 0.686. The third-order valence-electron chi connectivity index (χ3n) is 3.45. The lowest BCUT2D eigenvalue weighted by atomic mass is 10.0. The fraction of sp³-hybridized carbons (Fsp3) is 0.118. The Kier molecular flexibility index (Phi) is 4.24. The smallest absolute Gasteiger partial charge is 0.0705 e. The molecule has 0 saturated heterocycles. The van der Waals surface area contributed by atoms with Crippen molar-refractivity contribution in [1.29, 1.82) is 0 Å². The fourth-order valence-electron chi connectivity index (χ4n) is 2.36. The zero-order valence-corrected chi connectivity index (χ0v) is 13.6. The topological polar surface area (TPSA) is 38.9 Å². The van der Waals surface area contributed by atoms with E-state index in [1.165, 1.54) is 0 Å². The third kappa shape index (κ3) is 3.26. The number of para-hydroxylation sites is 1. The first-order valence-corrected chi connectivity index (χ1v) is 7.86. The van der Waals surface area contributed by atoms with E-state index in [9.17, 15) is 0 Å². The summed E-state index contributed by atoms with van der Waals surface area (Å²) in [4.78, 5) is 4.67. The van der Waals surface area contributed by atoms with Gasteiger partial charge in [-0.15, -0.1) is 0 Å². The van der Waals surface area contributed by atoms with Gasteiger partial charge in [0.1, 0.15) is 0 Å². The SMILES string of the molecule is NC(Cc1ccc2ccccc2n1)c1ccc(Cl)cc1Br. The van der Waals surface area contributed by atoms with Crippen molar-refractivity contribution in [1.82, 2.24) is 4.98 Å². The van der Waals surface area contributed by atoms with E-state index in [-0.39, 0.29) is 6.04 Å². The molecule has 1 heterocycles. The number of pyridine rings is 1. The standard InChI is InChI=1S/C17H14BrClN2/c18-15-9-12(19)6-8-14(15)16(20)10-13-7-5-11-3-1-2-4-17(11)21-13/h1-9,16H,10,20H2. The summed E-state index contributed by atoms with van der Waals surface area (Å²) in [6.45, 7) is 0. The van der Waals surface area contributed by atoms with Crippen LogP contribution in [0.5, 0.6) is 0 Å². The number of hydrogen-bond acceptors (Lipinski definition) is 2. The fourth-order valence-corrected chi connectivity index (χ4v) is 3.34. The Bertz CT molecular complexity index is 789. The van der Waals surface area contributed by atoms with Crippen LogP contribution in [0, 0.1) is 0 Å². The van der Waals surface area contributed by atoms with Crippen LogP contribution in [0.3, 0.4) is 0 Å². The van der Waals surface area contributed by atoms with Crippen LogP contribution < -0.4 is 5.73 Å². The van der Waals surface area contributed by atoms with E-state index in [2.05, 4.69) is 33.0 Å². The number of hydrogen-bond donors (Lipinski definition) is 1. The molecule has 0 fully saturated rings. The predicted octanol–water partition coefficient (Wildman–Crippen LogP) is 4.89. The van der Waals surface area contributed by atoms with E-state index < -0.39 is 0 Å². The molecule has 0 bridgehead atoms. The van der Waals surface area contributed by atoms with E-state index in [1.54, 1.807) is 0 Å². The molecule has 1 atom stereocenters. The number of halogens is 2. The minimum atomic E-state index is -0.120. The summed E-state index contributed by atoms with van der Waals surface area (Å²) in [5.74, 6) is 0. The van der Waals surface area contributed by atoms with E-state index in [4.69, 9.17) is 17.3 Å². The van der Waals surface area contributed by atoms with Gasteiger partial charge in [0.15, 0.2) is 0 Å². The van der Waals surface area contributed by atoms with E-state index in [0.717, 1.165) is 26.6 Å². The summed E-state index contributed by atoms with van der Waals surface area (Å²) >= 11 is 9.48. The second-order valence-corrected chi connectivity index (χ2v) is 6.26. The Labute approximate surface area is 137 Å². The summed E-state index contributed by atoms with van der Waals surface area (Å²) in [6, 6.07) is 17.8. The highest BCUT2D eigenvalue weighted by molar-refractivity contribution is 9.10. The van der Waals surface area contributed by atoms with Crippen LogP contribution in [0.25, 0.3) is 10.9 Å². The molecule has 0 aliphatic heterocycles. The molecule has 3 rings (SSSR count). The maximum absolute atomic E-state index is 6.31. The monoisotopic (exact) mass is 360 g/mol. The molecular formula is C17H14BrClN2. The largest absolute Gasteiger partial charge is 0.324 e. The lowest BCUT2D eigenvalue weighted by molar-refractivity contribution is 0.706. The van der Waals surface area contributed by atoms with Crippen LogP contribution in [-0.2, 0) is 6.42 Å². The van der Waals surface area contributed by atoms with Gasteiger partial charge in [0, 0.05) is 33.0 Å². The molecule has 4 heteroatoms. The third-order valence-corrected chi connectivity index (χ3v) is 4.37. The Morgan fingerprint density at radius 2 is 1.90 bits per heavy atom. The molecule has 1 aromatic heterocycles. The van der Waals surface area contributed by atoms with Gasteiger partial charge >= 0.3 is 0 Å². The summed E-state index contributed by atoms with van der Waals surface area (Å²) < 4.78 is 0.934. The highest BCUT2D eigenvalue weighted by atomic mass is 79.9. The quantitative estimate of drug-likeness (QED) is 0.721. The molecule has 2 N–H and O–H groups in total. The molecular weight excluding hydrogens is 348 g/mol. The van der Waals surface area contributed by atoms with Crippen molar-refractivity contribution in [2.45, 2.75) is 12.5 Å². The second kappa shape index (κ2) is 6.14. The van der Waals surface area contributed by atoms with Crippen molar-refractivity contribution in [2.24, 2.45) is 5.73 Å². The molecule has 0 spiro atoms. The minimum absolute atomic E-state index is 0.120. The van der Waals surface area contributed by atoms with Crippen molar-refractivity contribution < 1.29 is 0 Å². The first kappa shape index (κ1) is 14.5. The average Bonchev–Trinajstić information content (AvgIpc) is 2.47. The Balaban J connectivity index is 1.87. The lowest BCUT2D eigenvalue weighted by Crippen LogP contribution is -2.14. The zero-order valence-electron chi connectivity index (χ0n) is 11.3. The van der Waals surface area contributed by atoms with Crippen LogP contribution in [0.4, 0.5) is 0 Å². The van der Waals surface area contributed by atoms with Gasteiger partial charge in [0.2, 0.25) is 0 Å². The average molecular weight is 362 g/mol. The first-order valence-electron chi connectivity index (χ1n) is 6.69. The van der Waals surface area contributed by atoms with Gasteiger partial charge in [-0.2, -0.15) is 0 Å². The van der Waals surface area contributed by atoms with Crippen molar-refractivity contribution in [3.63, 3.8) is 0 Å². The predicted molar refractivity (Wildman–Crippen MR) is 91.5 cm³/mol. The molecule has 21 heavy (non-hydrogen) atoms. The molecule has 2 aromatic carbocycles. The van der Waals surface area contributed by atoms with Gasteiger partial charge in [-0.05, 0) is 29.8 Å². The van der Waals surface area contributed by atoms with E-state index >= 15 is 0 Å². The van der Waals surface area contributed by atoms with Gasteiger partial charge in [0.25, 0.3) is 0 Å². The van der Waals surface area contributed by atoms with Gasteiger partial charge in [-0.3, -0.25) is 4.98 Å². The molecule has 0 radical (unpaired) electrons. The van der Waals surface area contributed by atoms with Crippen molar-refractivity contribution in [3.05, 3.63) is 75.4 Å². The van der Waals surface area contributed by atoms with Crippen LogP contribution in [0.15, 0.2) is 59.1 Å². The van der Waals surface area contributed by atoms with Crippen LogP contribution in [-0.4, -0.2) is 4.98 Å². The van der Waals surface area contributed by atoms with Crippen LogP contribution in [0.2, 0.25) is 5.02 Å². The highest BCUT2D eigenvalue weighted by Crippen LogP contribution is 2.27. The molecule has 0 aliphatic rings. The molecule has 0 saturated carbocycles. The number of nitrogens with two attached hydrogens (primary N) is 1. The van der Waals surface area contributed by atoms with Crippen molar-refractivity contribution in [3.8, 4) is 0 Å². The Morgan fingerprint density at radius 3 is 2.71 bits per heavy atom. The maximum Gasteiger partial charge on any atom is 0.0705 e. The number of benzene rings is 2. The molecule has 0 aliphatic carbocycles. The highest BCUT2D eigenvalue weighted by Gasteiger charge is 2.12. The summed E-state index contributed by atoms with van der Waals surface area (Å²) in [5, 5.41) is 1.84. The number of aromatic nitrogens is 1. The molecule has 2 nitrogen and oxygen atoms in total. The number of rotatable bonds is 3. The molecule has 0 amide bonds. The van der Waals surface area contributed by atoms with Crippen LogP contribution in [0.1, 0.15) is 17.3 Å². The number of fused-ring (bicyclic) bond motifs is 1. The van der Waals surface area contributed by atoms with Gasteiger partial charge < -0.3 is 5.73 Å². The lowest BCUT2D eigenvalue weighted by Gasteiger charge is -2.14. The summed E-state index contributed by atoms with van der Waals surface area (Å²) in [7, 11) is 0. The zero-order chi connectivity index (χ0) is 14.8. The van der Waals surface area contributed by atoms with Gasteiger partial charge in [-0.25, -0.2) is 0 Å². The molecule has 1 unspecified atom stereocenters. The summed E-state index contributed by atoms with van der Waals surface area (Å²) in [5.41, 5.74) is 9.33. The van der Waals surface area contributed by atoms with Crippen LogP contribution >= 0.6 is 27.5 Å². The molecule has 3 aromatic rings. The minimum Gasteiger partial charge on any atom is -0.324 e. The first-order chi connectivity index (χ1) is 10.1. The molecule has 106 valence electrons. The van der Waals surface area contributed by atoms with E-state index in [1.807, 2.05) is 42.5 Å². The maximum atomic E-state index is 6.31.